The lowest BCUT2D eigenvalue weighted by Crippen LogP contribution is -2.23. The Bertz CT molecular complexity index is 1590. The molecule has 0 spiro atoms. The molecule has 0 saturated heterocycles. The van der Waals surface area contributed by atoms with Gasteiger partial charge in [-0.2, -0.15) is 28.3 Å². The molecule has 0 bridgehead atoms. The molecule has 0 fully saturated rings. The van der Waals surface area contributed by atoms with Gasteiger partial charge in [0.2, 0.25) is 0 Å². The van der Waals surface area contributed by atoms with E-state index in [2.05, 4.69) is 36.1 Å². The molecule has 0 atom stereocenters. The summed E-state index contributed by atoms with van der Waals surface area (Å²) in [6.07, 6.45) is -3.40. The number of nitrogens with one attached hydrogen (secondary N) is 2. The number of halogens is 4. The van der Waals surface area contributed by atoms with E-state index in [9.17, 15) is 28.0 Å². The molecule has 0 saturated carbocycles. The molecule has 2 N–H and O–H groups in total. The van der Waals surface area contributed by atoms with E-state index < -0.39 is 23.8 Å². The molecule has 0 unspecified atom stereocenters. The van der Waals surface area contributed by atoms with Crippen LogP contribution in [0.4, 0.5) is 18.9 Å². The van der Waals surface area contributed by atoms with Crippen LogP contribution in [0.15, 0.2) is 36.5 Å². The molecule has 2 amide bonds. The molecule has 12 nitrogen and oxygen atoms in total. The molecule has 38 heavy (non-hydrogen) atoms. The Balaban J connectivity index is 1.75. The Labute approximate surface area is 217 Å². The van der Waals surface area contributed by atoms with Crippen molar-refractivity contribution in [1.29, 1.82) is 5.26 Å². The van der Waals surface area contributed by atoms with Gasteiger partial charge in [-0.1, -0.05) is 11.6 Å². The number of aryl methyl sites for hydroxylation is 1. The highest BCUT2D eigenvalue weighted by molar-refractivity contribution is 6.30. The van der Waals surface area contributed by atoms with Crippen LogP contribution in [0.25, 0.3) is 5.82 Å². The molecular formula is C22H16ClF3N10O2. The molecule has 3 heterocycles. The zero-order valence-corrected chi connectivity index (χ0v) is 20.3. The number of nitrogens with zero attached hydrogens (tertiary/aromatic N) is 8. The van der Waals surface area contributed by atoms with Crippen molar-refractivity contribution in [2.24, 2.45) is 0 Å². The third-order valence-electron chi connectivity index (χ3n) is 5.10. The van der Waals surface area contributed by atoms with E-state index in [0.717, 1.165) is 4.68 Å². The van der Waals surface area contributed by atoms with Crippen LogP contribution in [0, 0.1) is 18.3 Å². The van der Waals surface area contributed by atoms with E-state index >= 15 is 0 Å². The molecule has 0 aliphatic heterocycles. The van der Waals surface area contributed by atoms with Crippen molar-refractivity contribution in [1.82, 2.24) is 40.3 Å². The standard InChI is InChI=1S/C22H16ClF3N10O2/c1-11-5-12(9-27)6-15(19(37)28-2)18(11)30-20(38)16-8-14(10-35-33-21(31-34-35)22(24,25)26)32-36(16)17-7-13(23)3-4-29-17/h3-8H,10H2,1-2H3,(H,28,37)(H,30,38). The second-order valence-corrected chi connectivity index (χ2v) is 8.20. The van der Waals surface area contributed by atoms with Crippen molar-refractivity contribution in [3.8, 4) is 11.9 Å². The fraction of sp³-hybridized carbons (Fsp3) is 0.182. The summed E-state index contributed by atoms with van der Waals surface area (Å²) in [6.45, 7) is 1.26. The number of pyridine rings is 1. The molecule has 0 aliphatic carbocycles. The van der Waals surface area contributed by atoms with Gasteiger partial charge in [-0.05, 0) is 42.0 Å². The van der Waals surface area contributed by atoms with Crippen LogP contribution in [-0.2, 0) is 12.7 Å². The predicted molar refractivity (Wildman–Crippen MR) is 126 cm³/mol. The van der Waals surface area contributed by atoms with Crippen LogP contribution in [0.2, 0.25) is 5.02 Å². The van der Waals surface area contributed by atoms with Crippen LogP contribution in [0.3, 0.4) is 0 Å². The zero-order chi connectivity index (χ0) is 27.6. The number of hydrogen-bond acceptors (Lipinski definition) is 8. The number of hydrogen-bond donors (Lipinski definition) is 2. The maximum absolute atomic E-state index is 13.4. The molecule has 16 heteroatoms. The predicted octanol–water partition coefficient (Wildman–Crippen LogP) is 2.77. The highest BCUT2D eigenvalue weighted by atomic mass is 35.5. The van der Waals surface area contributed by atoms with E-state index in [1.807, 2.05) is 6.07 Å². The van der Waals surface area contributed by atoms with E-state index in [4.69, 9.17) is 11.6 Å². The number of benzene rings is 1. The largest absolute Gasteiger partial charge is 0.455 e. The minimum atomic E-state index is -4.78. The van der Waals surface area contributed by atoms with Gasteiger partial charge in [0, 0.05) is 24.3 Å². The summed E-state index contributed by atoms with van der Waals surface area (Å²) in [4.78, 5) is 30.7. The number of anilines is 1. The Morgan fingerprint density at radius 2 is 1.92 bits per heavy atom. The molecule has 4 aromatic rings. The number of tetrazole rings is 1. The average molecular weight is 545 g/mol. The van der Waals surface area contributed by atoms with Gasteiger partial charge in [0.1, 0.15) is 12.2 Å². The van der Waals surface area contributed by atoms with Gasteiger partial charge < -0.3 is 10.6 Å². The second kappa shape index (κ2) is 10.3. The number of carbonyl (C=O) groups is 2. The number of nitriles is 1. The van der Waals surface area contributed by atoms with Gasteiger partial charge >= 0.3 is 6.18 Å². The Morgan fingerprint density at radius 3 is 2.55 bits per heavy atom. The number of carbonyl (C=O) groups excluding carboxylic acids is 2. The summed E-state index contributed by atoms with van der Waals surface area (Å²) in [5, 5.41) is 28.6. The maximum Gasteiger partial charge on any atom is 0.455 e. The van der Waals surface area contributed by atoms with Gasteiger partial charge in [0.05, 0.1) is 28.6 Å². The first kappa shape index (κ1) is 26.2. The molecule has 1 aromatic carbocycles. The van der Waals surface area contributed by atoms with Crippen molar-refractivity contribution in [3.05, 3.63) is 75.5 Å². The SMILES string of the molecule is CNC(=O)c1cc(C#N)cc(C)c1NC(=O)c1cc(Cn2nnc(C(F)(F)F)n2)nn1-c1cc(Cl)ccn1. The van der Waals surface area contributed by atoms with Crippen molar-refractivity contribution >= 4 is 29.1 Å². The Morgan fingerprint density at radius 1 is 1.16 bits per heavy atom. The summed E-state index contributed by atoms with van der Waals surface area (Å²) < 4.78 is 39.7. The summed E-state index contributed by atoms with van der Waals surface area (Å²) in [5.41, 5.74) is 0.872. The number of rotatable bonds is 6. The molecule has 3 aromatic heterocycles. The van der Waals surface area contributed by atoms with E-state index in [1.54, 1.807) is 6.92 Å². The quantitative estimate of drug-likeness (QED) is 0.375. The fourth-order valence-corrected chi connectivity index (χ4v) is 3.58. The van der Waals surface area contributed by atoms with E-state index in [1.165, 1.54) is 43.6 Å². The Kier molecular flexibility index (Phi) is 7.08. The zero-order valence-electron chi connectivity index (χ0n) is 19.6. The van der Waals surface area contributed by atoms with E-state index in [-0.39, 0.29) is 45.6 Å². The van der Waals surface area contributed by atoms with Crippen LogP contribution < -0.4 is 10.6 Å². The summed E-state index contributed by atoms with van der Waals surface area (Å²) in [7, 11) is 1.40. The van der Waals surface area contributed by atoms with Gasteiger partial charge in [-0.15, -0.1) is 10.2 Å². The second-order valence-electron chi connectivity index (χ2n) is 7.77. The first-order chi connectivity index (χ1) is 18.0. The molecule has 0 radical (unpaired) electrons. The maximum atomic E-state index is 13.4. The van der Waals surface area contributed by atoms with Crippen LogP contribution in [0.5, 0.6) is 0 Å². The molecule has 0 aliphatic rings. The summed E-state index contributed by atoms with van der Waals surface area (Å²) in [5.74, 6) is -2.56. The monoisotopic (exact) mass is 544 g/mol. The minimum absolute atomic E-state index is 0.0519. The summed E-state index contributed by atoms with van der Waals surface area (Å²) in [6, 6.07) is 9.01. The minimum Gasteiger partial charge on any atom is -0.355 e. The third kappa shape index (κ3) is 5.44. The highest BCUT2D eigenvalue weighted by Crippen LogP contribution is 2.26. The number of aromatic nitrogens is 7. The number of alkyl halides is 3. The topological polar surface area (TPSA) is 156 Å². The smallest absolute Gasteiger partial charge is 0.355 e. The third-order valence-corrected chi connectivity index (χ3v) is 5.34. The van der Waals surface area contributed by atoms with Crippen molar-refractivity contribution in [2.75, 3.05) is 12.4 Å². The normalized spacial score (nSPS) is 11.2. The van der Waals surface area contributed by atoms with Crippen LogP contribution in [-0.4, -0.2) is 53.8 Å². The van der Waals surface area contributed by atoms with Gasteiger partial charge in [0.25, 0.3) is 17.6 Å². The van der Waals surface area contributed by atoms with Gasteiger partial charge in [-0.25, -0.2) is 9.67 Å². The van der Waals surface area contributed by atoms with Crippen LogP contribution in [0.1, 0.15) is 43.5 Å². The first-order valence-electron chi connectivity index (χ1n) is 10.6. The molecule has 4 rings (SSSR count). The van der Waals surface area contributed by atoms with Gasteiger partial charge in [-0.3, -0.25) is 9.59 Å². The molecular weight excluding hydrogens is 529 g/mol. The lowest BCUT2D eigenvalue weighted by atomic mass is 10.0. The first-order valence-corrected chi connectivity index (χ1v) is 11.0. The van der Waals surface area contributed by atoms with Crippen molar-refractivity contribution in [3.63, 3.8) is 0 Å². The fourth-order valence-electron chi connectivity index (χ4n) is 3.43. The van der Waals surface area contributed by atoms with Crippen molar-refractivity contribution < 1.29 is 22.8 Å². The average Bonchev–Trinajstić information content (AvgIpc) is 3.52. The number of amides is 2. The van der Waals surface area contributed by atoms with Gasteiger partial charge in [0.15, 0.2) is 5.82 Å². The molecule has 194 valence electrons. The lowest BCUT2D eigenvalue weighted by Gasteiger charge is -2.14. The van der Waals surface area contributed by atoms with Crippen LogP contribution >= 0.6 is 11.6 Å². The van der Waals surface area contributed by atoms with Crippen molar-refractivity contribution in [2.45, 2.75) is 19.6 Å². The Hall–Kier alpha value is -4.84. The highest BCUT2D eigenvalue weighted by Gasteiger charge is 2.37. The lowest BCUT2D eigenvalue weighted by molar-refractivity contribution is -0.145. The summed E-state index contributed by atoms with van der Waals surface area (Å²) >= 11 is 6.07. The van der Waals surface area contributed by atoms with E-state index in [0.29, 0.717) is 10.4 Å².